The topological polar surface area (TPSA) is 80.2 Å². The van der Waals surface area contributed by atoms with Gasteiger partial charge in [-0.05, 0) is 69.8 Å². The highest BCUT2D eigenvalue weighted by molar-refractivity contribution is 5.94. The van der Waals surface area contributed by atoms with Crippen molar-refractivity contribution in [3.8, 4) is 5.75 Å². The smallest absolute Gasteiger partial charge is 0.251 e. The van der Waals surface area contributed by atoms with E-state index in [0.29, 0.717) is 18.7 Å². The van der Waals surface area contributed by atoms with Crippen LogP contribution in [0.4, 0.5) is 0 Å². The predicted octanol–water partition coefficient (Wildman–Crippen LogP) is 2.29. The van der Waals surface area contributed by atoms with Crippen LogP contribution in [0, 0.1) is 5.92 Å². The van der Waals surface area contributed by atoms with Crippen molar-refractivity contribution in [2.45, 2.75) is 39.0 Å². The Morgan fingerprint density at radius 3 is 2.80 bits per heavy atom. The number of aliphatic imine (C=N–C) groups is 1. The molecular weight excluding hydrogens is 378 g/mol. The second-order valence-electron chi connectivity index (χ2n) is 8.36. The minimum Gasteiger partial charge on any atom is -0.508 e. The molecule has 0 saturated carbocycles. The Morgan fingerprint density at radius 1 is 1.20 bits per heavy atom. The molecule has 7 nitrogen and oxygen atoms in total. The summed E-state index contributed by atoms with van der Waals surface area (Å²) < 4.78 is 0. The molecule has 0 spiro atoms. The number of phenols is 1. The lowest BCUT2D eigenvalue weighted by molar-refractivity contribution is 0.0953. The maximum Gasteiger partial charge on any atom is 0.251 e. The van der Waals surface area contributed by atoms with Gasteiger partial charge in [0.15, 0.2) is 5.96 Å². The fraction of sp³-hybridized carbons (Fsp3) is 0.652. The molecule has 3 rings (SSSR count). The number of nitrogens with one attached hydrogen (secondary N) is 2. The first-order valence-corrected chi connectivity index (χ1v) is 11.5. The van der Waals surface area contributed by atoms with Gasteiger partial charge in [0, 0.05) is 44.8 Å². The average Bonchev–Trinajstić information content (AvgIpc) is 3.21. The fourth-order valence-corrected chi connectivity index (χ4v) is 4.32. The Hall–Kier alpha value is -2.28. The van der Waals surface area contributed by atoms with Crippen molar-refractivity contribution in [1.29, 1.82) is 0 Å². The largest absolute Gasteiger partial charge is 0.508 e. The maximum absolute atomic E-state index is 12.1. The zero-order valence-electron chi connectivity index (χ0n) is 18.3. The molecular formula is C23H37N5O2. The lowest BCUT2D eigenvalue weighted by atomic mass is 10.1. The number of carbonyl (C=O) groups excluding carboxylic acids is 1. The molecule has 30 heavy (non-hydrogen) atoms. The van der Waals surface area contributed by atoms with Gasteiger partial charge in [-0.3, -0.25) is 9.79 Å². The summed E-state index contributed by atoms with van der Waals surface area (Å²) in [5.74, 6) is 1.67. The van der Waals surface area contributed by atoms with E-state index in [4.69, 9.17) is 4.99 Å². The number of carbonyl (C=O) groups is 1. The third-order valence-corrected chi connectivity index (χ3v) is 5.88. The van der Waals surface area contributed by atoms with Crippen molar-refractivity contribution in [3.05, 3.63) is 29.8 Å². The lowest BCUT2D eigenvalue weighted by Gasteiger charge is -2.29. The predicted molar refractivity (Wildman–Crippen MR) is 121 cm³/mol. The number of rotatable bonds is 8. The summed E-state index contributed by atoms with van der Waals surface area (Å²) in [4.78, 5) is 21.9. The molecule has 1 aromatic rings. The van der Waals surface area contributed by atoms with Crippen molar-refractivity contribution in [2.24, 2.45) is 10.9 Å². The molecule has 7 heteroatoms. The van der Waals surface area contributed by atoms with Gasteiger partial charge in [-0.2, -0.15) is 0 Å². The SMILES string of the molecule is CCNC(=NCCCNC(=O)c1cccc(O)c1)N1CCC(CN2CCCCC2)C1. The summed E-state index contributed by atoms with van der Waals surface area (Å²) in [7, 11) is 0. The Labute approximate surface area is 180 Å². The molecule has 2 aliphatic heterocycles. The molecule has 166 valence electrons. The normalized spacial score (nSPS) is 20.4. The monoisotopic (exact) mass is 415 g/mol. The van der Waals surface area contributed by atoms with Crippen LogP contribution in [-0.4, -0.2) is 79.1 Å². The van der Waals surface area contributed by atoms with Gasteiger partial charge in [0.2, 0.25) is 0 Å². The maximum atomic E-state index is 12.1. The zero-order chi connectivity index (χ0) is 21.2. The van der Waals surface area contributed by atoms with E-state index in [2.05, 4.69) is 27.4 Å². The Kier molecular flexibility index (Phi) is 8.81. The molecule has 3 N–H and O–H groups in total. The van der Waals surface area contributed by atoms with Gasteiger partial charge in [0.05, 0.1) is 0 Å². The number of likely N-dealkylation sites (tertiary alicyclic amines) is 2. The second-order valence-corrected chi connectivity index (χ2v) is 8.36. The van der Waals surface area contributed by atoms with Gasteiger partial charge >= 0.3 is 0 Å². The minimum absolute atomic E-state index is 0.103. The summed E-state index contributed by atoms with van der Waals surface area (Å²) >= 11 is 0. The van der Waals surface area contributed by atoms with Gasteiger partial charge in [-0.25, -0.2) is 0 Å². The van der Waals surface area contributed by atoms with Crippen LogP contribution < -0.4 is 10.6 Å². The third kappa shape index (κ3) is 6.90. The number of nitrogens with zero attached hydrogens (tertiary/aromatic N) is 3. The van der Waals surface area contributed by atoms with Crippen molar-refractivity contribution >= 4 is 11.9 Å². The van der Waals surface area contributed by atoms with Crippen LogP contribution in [0.5, 0.6) is 5.75 Å². The van der Waals surface area contributed by atoms with E-state index in [-0.39, 0.29) is 11.7 Å². The Balaban J connectivity index is 1.40. The van der Waals surface area contributed by atoms with Gasteiger partial charge < -0.3 is 25.5 Å². The lowest BCUT2D eigenvalue weighted by Crippen LogP contribution is -2.41. The van der Waals surface area contributed by atoms with E-state index in [0.717, 1.165) is 37.9 Å². The number of hydrogen-bond donors (Lipinski definition) is 3. The van der Waals surface area contributed by atoms with Gasteiger partial charge in [0.25, 0.3) is 5.91 Å². The zero-order valence-corrected chi connectivity index (χ0v) is 18.3. The first-order valence-electron chi connectivity index (χ1n) is 11.5. The van der Waals surface area contributed by atoms with E-state index in [9.17, 15) is 9.90 Å². The summed E-state index contributed by atoms with van der Waals surface area (Å²) in [5.41, 5.74) is 0.476. The van der Waals surface area contributed by atoms with E-state index in [1.165, 1.54) is 51.4 Å². The van der Waals surface area contributed by atoms with Crippen molar-refractivity contribution < 1.29 is 9.90 Å². The Morgan fingerprint density at radius 2 is 2.03 bits per heavy atom. The number of guanidine groups is 1. The van der Waals surface area contributed by atoms with Crippen LogP contribution in [0.2, 0.25) is 0 Å². The number of phenolic OH excluding ortho intramolecular Hbond substituents is 1. The molecule has 2 fully saturated rings. The van der Waals surface area contributed by atoms with Crippen molar-refractivity contribution in [2.75, 3.05) is 52.4 Å². The molecule has 2 saturated heterocycles. The molecule has 0 bridgehead atoms. The average molecular weight is 416 g/mol. The van der Waals surface area contributed by atoms with Gasteiger partial charge in [-0.1, -0.05) is 12.5 Å². The second kappa shape index (κ2) is 11.8. The van der Waals surface area contributed by atoms with Crippen LogP contribution in [0.3, 0.4) is 0 Å². The highest BCUT2D eigenvalue weighted by atomic mass is 16.3. The first kappa shape index (κ1) is 22.4. The van der Waals surface area contributed by atoms with E-state index >= 15 is 0 Å². The number of aromatic hydroxyl groups is 1. The highest BCUT2D eigenvalue weighted by Gasteiger charge is 2.26. The molecule has 1 aromatic carbocycles. The van der Waals surface area contributed by atoms with Crippen LogP contribution >= 0.6 is 0 Å². The van der Waals surface area contributed by atoms with Crippen LogP contribution in [0.15, 0.2) is 29.3 Å². The number of amides is 1. The molecule has 1 atom stereocenters. The third-order valence-electron chi connectivity index (χ3n) is 5.88. The van der Waals surface area contributed by atoms with Crippen molar-refractivity contribution in [3.63, 3.8) is 0 Å². The van der Waals surface area contributed by atoms with Crippen LogP contribution in [0.1, 0.15) is 49.4 Å². The summed E-state index contributed by atoms with van der Waals surface area (Å²) in [6.07, 6.45) is 6.11. The quantitative estimate of drug-likeness (QED) is 0.345. The minimum atomic E-state index is -0.165. The van der Waals surface area contributed by atoms with Gasteiger partial charge in [-0.15, -0.1) is 0 Å². The summed E-state index contributed by atoms with van der Waals surface area (Å²) in [5, 5.41) is 15.8. The van der Waals surface area contributed by atoms with Gasteiger partial charge in [0.1, 0.15) is 5.75 Å². The van der Waals surface area contributed by atoms with Crippen LogP contribution in [-0.2, 0) is 0 Å². The molecule has 1 amide bonds. The Bertz CT molecular complexity index is 703. The summed E-state index contributed by atoms with van der Waals surface area (Å²) in [6.45, 7) is 10.1. The molecule has 1 unspecified atom stereocenters. The highest BCUT2D eigenvalue weighted by Crippen LogP contribution is 2.20. The summed E-state index contributed by atoms with van der Waals surface area (Å²) in [6, 6.07) is 6.41. The molecule has 0 radical (unpaired) electrons. The standard InChI is InChI=1S/C23H37N5O2/c1-2-24-23(28-15-10-19(18-28)17-27-13-4-3-5-14-27)26-12-7-11-25-22(30)20-8-6-9-21(29)16-20/h6,8-9,16,19,29H,2-5,7,10-15,17-18H2,1H3,(H,24,26)(H,25,30). The number of hydrogen-bond acceptors (Lipinski definition) is 4. The fourth-order valence-electron chi connectivity index (χ4n) is 4.32. The first-order chi connectivity index (χ1) is 14.7. The molecule has 0 aliphatic carbocycles. The van der Waals surface area contributed by atoms with Crippen LogP contribution in [0.25, 0.3) is 0 Å². The van der Waals surface area contributed by atoms with E-state index in [1.807, 2.05) is 0 Å². The van der Waals surface area contributed by atoms with Crippen molar-refractivity contribution in [1.82, 2.24) is 20.4 Å². The van der Waals surface area contributed by atoms with E-state index in [1.54, 1.807) is 18.2 Å². The molecule has 2 aliphatic rings. The van der Waals surface area contributed by atoms with E-state index < -0.39 is 0 Å². The molecule has 0 aromatic heterocycles. The number of piperidine rings is 1. The molecule has 2 heterocycles. The number of benzene rings is 1.